The Morgan fingerprint density at radius 3 is 2.48 bits per heavy atom. The Morgan fingerprint density at radius 2 is 1.91 bits per heavy atom. The standard InChI is InChI=1S/C27H37N3O2S/c1-7-11-29(18(5)6)24-13-21(10-9-19(24)8-2)30-25(15-28-27(30)33)23-14-22(17(3)4)20(16-31)12-26(23)32/h9-10,12-18,27-28,32-33H,7-8,11H2,1-6H3. The molecule has 2 aromatic rings. The normalized spacial score (nSPS) is 15.7. The first kappa shape index (κ1) is 25.0. The molecule has 0 aliphatic carbocycles. The number of rotatable bonds is 9. The molecule has 1 atom stereocenters. The topological polar surface area (TPSA) is 55.8 Å². The number of hydrogen-bond donors (Lipinski definition) is 3. The van der Waals surface area contributed by atoms with E-state index >= 15 is 0 Å². The van der Waals surface area contributed by atoms with Crippen LogP contribution in [0.1, 0.15) is 80.9 Å². The molecule has 1 heterocycles. The number of benzene rings is 2. The zero-order valence-electron chi connectivity index (χ0n) is 20.6. The van der Waals surface area contributed by atoms with E-state index in [-0.39, 0.29) is 17.2 Å². The molecule has 6 heteroatoms. The van der Waals surface area contributed by atoms with Crippen LogP contribution in [0.4, 0.5) is 11.4 Å². The fraction of sp³-hybridized carbons (Fsp3) is 0.444. The number of thiol groups is 1. The van der Waals surface area contributed by atoms with Gasteiger partial charge in [-0.15, -0.1) is 12.6 Å². The molecule has 0 fully saturated rings. The van der Waals surface area contributed by atoms with Crippen LogP contribution in [0.2, 0.25) is 0 Å². The smallest absolute Gasteiger partial charge is 0.150 e. The van der Waals surface area contributed by atoms with Gasteiger partial charge in [0.05, 0.1) is 5.70 Å². The van der Waals surface area contributed by atoms with E-state index in [0.29, 0.717) is 17.2 Å². The number of phenolic OH excluding ortho intramolecular Hbond substituents is 1. The molecular formula is C27H37N3O2S. The van der Waals surface area contributed by atoms with E-state index in [1.54, 1.807) is 6.07 Å². The van der Waals surface area contributed by atoms with Gasteiger partial charge < -0.3 is 20.2 Å². The number of aromatic hydroxyl groups is 1. The van der Waals surface area contributed by atoms with Crippen LogP contribution in [0.25, 0.3) is 5.70 Å². The van der Waals surface area contributed by atoms with Crippen molar-refractivity contribution in [2.45, 2.75) is 71.8 Å². The maximum atomic E-state index is 11.6. The number of phenols is 1. The van der Waals surface area contributed by atoms with Crippen molar-refractivity contribution in [3.63, 3.8) is 0 Å². The zero-order chi connectivity index (χ0) is 24.3. The molecule has 1 aliphatic heterocycles. The Kier molecular flexibility index (Phi) is 8.01. The lowest BCUT2D eigenvalue weighted by Gasteiger charge is -2.33. The number of aldehydes is 1. The van der Waals surface area contributed by atoms with E-state index in [4.69, 9.17) is 12.6 Å². The summed E-state index contributed by atoms with van der Waals surface area (Å²) < 4.78 is 0. The van der Waals surface area contributed by atoms with Crippen molar-refractivity contribution < 1.29 is 9.90 Å². The van der Waals surface area contributed by atoms with Crippen molar-refractivity contribution in [3.8, 4) is 5.75 Å². The van der Waals surface area contributed by atoms with Gasteiger partial charge in [0.1, 0.15) is 17.5 Å². The summed E-state index contributed by atoms with van der Waals surface area (Å²) in [4.78, 5) is 16.1. The van der Waals surface area contributed by atoms with Gasteiger partial charge in [-0.05, 0) is 68.0 Å². The molecule has 33 heavy (non-hydrogen) atoms. The van der Waals surface area contributed by atoms with Crippen molar-refractivity contribution >= 4 is 36.0 Å². The second kappa shape index (κ2) is 10.6. The van der Waals surface area contributed by atoms with Gasteiger partial charge in [-0.3, -0.25) is 4.79 Å². The predicted molar refractivity (Wildman–Crippen MR) is 143 cm³/mol. The molecule has 0 spiro atoms. The van der Waals surface area contributed by atoms with Gasteiger partial charge in [0.15, 0.2) is 0 Å². The van der Waals surface area contributed by atoms with Gasteiger partial charge in [0.25, 0.3) is 0 Å². The summed E-state index contributed by atoms with van der Waals surface area (Å²) in [6, 6.07) is 10.4. The third-order valence-electron chi connectivity index (χ3n) is 6.22. The number of nitrogens with one attached hydrogen (secondary N) is 1. The number of anilines is 2. The first-order valence-electron chi connectivity index (χ1n) is 11.9. The Labute approximate surface area is 203 Å². The van der Waals surface area contributed by atoms with Crippen LogP contribution in [0.5, 0.6) is 5.75 Å². The van der Waals surface area contributed by atoms with E-state index in [0.717, 1.165) is 42.6 Å². The van der Waals surface area contributed by atoms with Crippen LogP contribution >= 0.6 is 12.6 Å². The van der Waals surface area contributed by atoms with Gasteiger partial charge in [-0.25, -0.2) is 0 Å². The Balaban J connectivity index is 2.12. The van der Waals surface area contributed by atoms with Crippen LogP contribution in [-0.2, 0) is 6.42 Å². The monoisotopic (exact) mass is 467 g/mol. The molecule has 1 unspecified atom stereocenters. The molecule has 0 radical (unpaired) electrons. The Morgan fingerprint density at radius 1 is 1.18 bits per heavy atom. The molecular weight excluding hydrogens is 430 g/mol. The highest BCUT2D eigenvalue weighted by molar-refractivity contribution is 7.81. The van der Waals surface area contributed by atoms with E-state index < -0.39 is 0 Å². The molecule has 3 rings (SSSR count). The van der Waals surface area contributed by atoms with Gasteiger partial charge >= 0.3 is 0 Å². The number of aryl methyl sites for hydroxylation is 1. The zero-order valence-corrected chi connectivity index (χ0v) is 21.5. The van der Waals surface area contributed by atoms with Crippen LogP contribution in [-0.4, -0.2) is 29.5 Å². The molecule has 0 amide bonds. The lowest BCUT2D eigenvalue weighted by atomic mass is 9.93. The molecule has 0 saturated heterocycles. The average molecular weight is 468 g/mol. The molecule has 0 saturated carbocycles. The third-order valence-corrected chi connectivity index (χ3v) is 6.60. The summed E-state index contributed by atoms with van der Waals surface area (Å²) in [6.07, 6.45) is 4.73. The molecule has 0 bridgehead atoms. The number of carbonyl (C=O) groups is 1. The van der Waals surface area contributed by atoms with Crippen LogP contribution < -0.4 is 15.1 Å². The van der Waals surface area contributed by atoms with Crippen molar-refractivity contribution in [3.05, 3.63) is 58.8 Å². The second-order valence-electron chi connectivity index (χ2n) is 9.16. The molecule has 5 nitrogen and oxygen atoms in total. The third kappa shape index (κ3) is 5.01. The van der Waals surface area contributed by atoms with Crippen molar-refractivity contribution in [1.29, 1.82) is 0 Å². The van der Waals surface area contributed by atoms with Crippen LogP contribution in [0.15, 0.2) is 36.5 Å². The Bertz CT molecular complexity index is 1030. The molecule has 1 aliphatic rings. The highest BCUT2D eigenvalue weighted by atomic mass is 32.1. The Hall–Kier alpha value is -2.60. The number of nitrogens with zero attached hydrogens (tertiary/aromatic N) is 2. The summed E-state index contributed by atoms with van der Waals surface area (Å²) in [5, 5.41) is 14.1. The van der Waals surface area contributed by atoms with Gasteiger partial charge in [-0.2, -0.15) is 0 Å². The maximum Gasteiger partial charge on any atom is 0.150 e. The van der Waals surface area contributed by atoms with E-state index in [9.17, 15) is 9.90 Å². The van der Waals surface area contributed by atoms with Crippen molar-refractivity contribution in [1.82, 2.24) is 5.32 Å². The minimum atomic E-state index is -0.272. The lowest BCUT2D eigenvalue weighted by molar-refractivity contribution is 0.112. The minimum absolute atomic E-state index is 0.0853. The van der Waals surface area contributed by atoms with E-state index in [1.165, 1.54) is 11.3 Å². The van der Waals surface area contributed by atoms with E-state index in [2.05, 4.69) is 61.0 Å². The summed E-state index contributed by atoms with van der Waals surface area (Å²) in [5.41, 5.74) is 6.23. The molecule has 0 aromatic heterocycles. The summed E-state index contributed by atoms with van der Waals surface area (Å²) in [7, 11) is 0. The summed E-state index contributed by atoms with van der Waals surface area (Å²) in [5.74, 6) is 0.242. The highest BCUT2D eigenvalue weighted by Gasteiger charge is 2.29. The minimum Gasteiger partial charge on any atom is -0.507 e. The van der Waals surface area contributed by atoms with Crippen molar-refractivity contribution in [2.24, 2.45) is 0 Å². The summed E-state index contributed by atoms with van der Waals surface area (Å²) in [6.45, 7) is 13.9. The molecule has 178 valence electrons. The SMILES string of the molecule is CCCN(c1cc(N2C(c3cc(C(C)C)c(C=O)cc3O)=CNC2S)ccc1CC)C(C)C. The molecule has 2 aromatic carbocycles. The van der Waals surface area contributed by atoms with Crippen LogP contribution in [0.3, 0.4) is 0 Å². The first-order chi connectivity index (χ1) is 15.7. The largest absolute Gasteiger partial charge is 0.507 e. The fourth-order valence-electron chi connectivity index (χ4n) is 4.51. The number of carbonyl (C=O) groups excluding carboxylic acids is 1. The lowest BCUT2D eigenvalue weighted by Crippen LogP contribution is -2.34. The quantitative estimate of drug-likeness (QED) is 0.306. The fourth-order valence-corrected chi connectivity index (χ4v) is 4.84. The second-order valence-corrected chi connectivity index (χ2v) is 9.65. The first-order valence-corrected chi connectivity index (χ1v) is 12.4. The van der Waals surface area contributed by atoms with Gasteiger partial charge in [0, 0.05) is 41.3 Å². The predicted octanol–water partition coefficient (Wildman–Crippen LogP) is 6.14. The number of hydrogen-bond acceptors (Lipinski definition) is 6. The van der Waals surface area contributed by atoms with Gasteiger partial charge in [-0.1, -0.05) is 33.8 Å². The maximum absolute atomic E-state index is 11.6. The average Bonchev–Trinajstić information content (AvgIpc) is 3.17. The molecule has 2 N–H and O–H groups in total. The van der Waals surface area contributed by atoms with E-state index in [1.807, 2.05) is 26.1 Å². The summed E-state index contributed by atoms with van der Waals surface area (Å²) >= 11 is 4.78. The van der Waals surface area contributed by atoms with Crippen molar-refractivity contribution in [2.75, 3.05) is 16.3 Å². The highest BCUT2D eigenvalue weighted by Crippen LogP contribution is 2.40. The van der Waals surface area contributed by atoms with Gasteiger partial charge in [0.2, 0.25) is 0 Å². The van der Waals surface area contributed by atoms with Crippen LogP contribution in [0, 0.1) is 0 Å².